The molecule has 0 spiro atoms. The molecule has 136 valence electrons. The van der Waals surface area contributed by atoms with Crippen LogP contribution in [0.3, 0.4) is 0 Å². The Labute approximate surface area is 157 Å². The van der Waals surface area contributed by atoms with Gasteiger partial charge in [-0.05, 0) is 50.6 Å². The third-order valence-corrected chi connectivity index (χ3v) is 5.86. The van der Waals surface area contributed by atoms with Gasteiger partial charge in [-0.1, -0.05) is 54.6 Å². The number of nitrogens with zero attached hydrogens (tertiary/aromatic N) is 3. The fourth-order valence-corrected chi connectivity index (χ4v) is 3.82. The first-order valence-electron chi connectivity index (χ1n) is 9.48. The van der Waals surface area contributed by atoms with E-state index in [1.807, 2.05) is 18.2 Å². The van der Waals surface area contributed by atoms with Crippen molar-refractivity contribution in [3.63, 3.8) is 0 Å². The molecule has 1 aliphatic rings. The van der Waals surface area contributed by atoms with Crippen LogP contribution in [0.2, 0.25) is 0 Å². The summed E-state index contributed by atoms with van der Waals surface area (Å²) in [5.74, 6) is 0. The maximum Gasteiger partial charge on any atom is 0.0846 e. The van der Waals surface area contributed by atoms with E-state index in [9.17, 15) is 5.26 Å². The lowest BCUT2D eigenvalue weighted by Crippen LogP contribution is -2.41. The largest absolute Gasteiger partial charge is 0.303 e. The smallest absolute Gasteiger partial charge is 0.0846 e. The summed E-state index contributed by atoms with van der Waals surface area (Å²) >= 11 is 0. The second kappa shape index (κ2) is 8.03. The van der Waals surface area contributed by atoms with Crippen molar-refractivity contribution in [3.05, 3.63) is 71.3 Å². The Morgan fingerprint density at radius 3 is 2.38 bits per heavy atom. The minimum atomic E-state index is -0.320. The Hall–Kier alpha value is -2.15. The molecule has 1 heterocycles. The molecule has 0 bridgehead atoms. The molecule has 0 amide bonds. The molecule has 0 saturated carbocycles. The summed E-state index contributed by atoms with van der Waals surface area (Å²) < 4.78 is 0. The molecule has 1 saturated heterocycles. The number of hydrogen-bond acceptors (Lipinski definition) is 3. The fraction of sp³-hybridized carbons (Fsp3) is 0.435. The molecule has 2 aromatic rings. The third kappa shape index (κ3) is 3.98. The lowest BCUT2D eigenvalue weighted by molar-refractivity contribution is 0.179. The molecule has 1 aliphatic heterocycles. The topological polar surface area (TPSA) is 30.3 Å². The van der Waals surface area contributed by atoms with Crippen LogP contribution in [0.15, 0.2) is 54.6 Å². The zero-order valence-corrected chi connectivity index (χ0v) is 16.2. The van der Waals surface area contributed by atoms with Gasteiger partial charge in [-0.2, -0.15) is 5.26 Å². The molecule has 3 nitrogen and oxygen atoms in total. The Kier molecular flexibility index (Phi) is 5.76. The highest BCUT2D eigenvalue weighted by Gasteiger charge is 2.36. The van der Waals surface area contributed by atoms with E-state index in [0.717, 1.165) is 32.5 Å². The molecule has 0 unspecified atom stereocenters. The van der Waals surface area contributed by atoms with Gasteiger partial charge in [0.15, 0.2) is 0 Å². The average Bonchev–Trinajstić information content (AvgIpc) is 2.69. The van der Waals surface area contributed by atoms with Gasteiger partial charge in [-0.3, -0.25) is 4.90 Å². The van der Waals surface area contributed by atoms with Gasteiger partial charge in [-0.25, -0.2) is 0 Å². The predicted octanol–water partition coefficient (Wildman–Crippen LogP) is 4.37. The van der Waals surface area contributed by atoms with Crippen molar-refractivity contribution in [2.24, 2.45) is 0 Å². The number of benzene rings is 2. The normalized spacial score (nSPS) is 18.4. The molecule has 2 aromatic carbocycles. The number of rotatable bonds is 5. The van der Waals surface area contributed by atoms with E-state index in [-0.39, 0.29) is 5.41 Å². The van der Waals surface area contributed by atoms with E-state index in [2.05, 4.69) is 73.3 Å². The zero-order chi connectivity index (χ0) is 18.6. The van der Waals surface area contributed by atoms with Crippen LogP contribution in [0.5, 0.6) is 0 Å². The maximum atomic E-state index is 9.85. The van der Waals surface area contributed by atoms with Crippen LogP contribution < -0.4 is 0 Å². The molecule has 0 aromatic heterocycles. The Morgan fingerprint density at radius 2 is 1.77 bits per heavy atom. The van der Waals surface area contributed by atoms with Gasteiger partial charge in [0, 0.05) is 25.7 Å². The monoisotopic (exact) mass is 347 g/mol. The van der Waals surface area contributed by atoms with E-state index in [0.29, 0.717) is 6.04 Å². The summed E-state index contributed by atoms with van der Waals surface area (Å²) in [4.78, 5) is 4.72. The molecule has 0 aliphatic carbocycles. The van der Waals surface area contributed by atoms with Crippen molar-refractivity contribution in [1.29, 1.82) is 5.26 Å². The van der Waals surface area contributed by atoms with Gasteiger partial charge in [0.05, 0.1) is 11.5 Å². The Balaban J connectivity index is 1.66. The van der Waals surface area contributed by atoms with Gasteiger partial charge < -0.3 is 4.90 Å². The second-order valence-electron chi connectivity index (χ2n) is 7.72. The molecule has 0 radical (unpaired) electrons. The first-order chi connectivity index (χ1) is 12.5. The quantitative estimate of drug-likeness (QED) is 0.805. The SMILES string of the molecule is C[C@H](c1cccc(CN2CCC(C#N)(c3ccccc3)CC2)c1)N(C)C. The molecule has 3 rings (SSSR count). The van der Waals surface area contributed by atoms with Gasteiger partial charge in [0.2, 0.25) is 0 Å². The van der Waals surface area contributed by atoms with Crippen molar-refractivity contribution in [3.8, 4) is 6.07 Å². The number of nitriles is 1. The van der Waals surface area contributed by atoms with Gasteiger partial charge in [0.25, 0.3) is 0 Å². The van der Waals surface area contributed by atoms with Crippen LogP contribution in [0.4, 0.5) is 0 Å². The van der Waals surface area contributed by atoms with E-state index in [1.165, 1.54) is 16.7 Å². The summed E-state index contributed by atoms with van der Waals surface area (Å²) in [6.07, 6.45) is 1.81. The minimum absolute atomic E-state index is 0.320. The first kappa shape index (κ1) is 18.6. The second-order valence-corrected chi connectivity index (χ2v) is 7.72. The van der Waals surface area contributed by atoms with E-state index in [1.54, 1.807) is 0 Å². The molecular weight excluding hydrogens is 318 g/mol. The molecular formula is C23H29N3. The van der Waals surface area contributed by atoms with E-state index < -0.39 is 0 Å². The Morgan fingerprint density at radius 1 is 1.08 bits per heavy atom. The highest BCUT2D eigenvalue weighted by atomic mass is 15.1. The van der Waals surface area contributed by atoms with E-state index >= 15 is 0 Å². The molecule has 3 heteroatoms. The van der Waals surface area contributed by atoms with Crippen molar-refractivity contribution in [2.75, 3.05) is 27.2 Å². The summed E-state index contributed by atoms with van der Waals surface area (Å²) in [5.41, 5.74) is 3.57. The number of piperidine rings is 1. The fourth-order valence-electron chi connectivity index (χ4n) is 3.82. The van der Waals surface area contributed by atoms with Crippen LogP contribution in [0.1, 0.15) is 42.5 Å². The van der Waals surface area contributed by atoms with Crippen molar-refractivity contribution >= 4 is 0 Å². The Bertz CT molecular complexity index is 753. The predicted molar refractivity (Wildman–Crippen MR) is 107 cm³/mol. The van der Waals surface area contributed by atoms with Gasteiger partial charge in [0.1, 0.15) is 0 Å². The van der Waals surface area contributed by atoms with Crippen LogP contribution in [0.25, 0.3) is 0 Å². The number of hydrogen-bond donors (Lipinski definition) is 0. The summed E-state index contributed by atoms with van der Waals surface area (Å²) in [7, 11) is 4.24. The van der Waals surface area contributed by atoms with Crippen LogP contribution in [-0.2, 0) is 12.0 Å². The van der Waals surface area contributed by atoms with Crippen molar-refractivity contribution in [1.82, 2.24) is 9.80 Å². The van der Waals surface area contributed by atoms with Crippen LogP contribution in [0, 0.1) is 11.3 Å². The standard InChI is InChI=1S/C23H29N3/c1-19(25(2)3)21-9-7-8-20(16-21)17-26-14-12-23(18-24,13-15-26)22-10-5-4-6-11-22/h4-11,16,19H,12-15,17H2,1-3H3/t19-/m1/s1. The molecule has 1 fully saturated rings. The maximum absolute atomic E-state index is 9.85. The highest BCUT2D eigenvalue weighted by Crippen LogP contribution is 2.35. The van der Waals surface area contributed by atoms with Gasteiger partial charge in [-0.15, -0.1) is 0 Å². The summed E-state index contributed by atoms with van der Waals surface area (Å²) in [5, 5.41) is 9.85. The summed E-state index contributed by atoms with van der Waals surface area (Å²) in [6.45, 7) is 5.14. The molecule has 0 N–H and O–H groups in total. The van der Waals surface area contributed by atoms with Crippen LogP contribution >= 0.6 is 0 Å². The first-order valence-corrected chi connectivity index (χ1v) is 9.48. The zero-order valence-electron chi connectivity index (χ0n) is 16.2. The lowest BCUT2D eigenvalue weighted by atomic mass is 9.74. The van der Waals surface area contributed by atoms with Crippen molar-refractivity contribution < 1.29 is 0 Å². The third-order valence-electron chi connectivity index (χ3n) is 5.86. The number of likely N-dealkylation sites (tertiary alicyclic amines) is 1. The van der Waals surface area contributed by atoms with Crippen LogP contribution in [-0.4, -0.2) is 37.0 Å². The lowest BCUT2D eigenvalue weighted by Gasteiger charge is -2.37. The minimum Gasteiger partial charge on any atom is -0.303 e. The van der Waals surface area contributed by atoms with Gasteiger partial charge >= 0.3 is 0 Å². The summed E-state index contributed by atoms with van der Waals surface area (Å²) in [6, 6.07) is 22.3. The van der Waals surface area contributed by atoms with Crippen molar-refractivity contribution in [2.45, 2.75) is 37.8 Å². The van der Waals surface area contributed by atoms with E-state index in [4.69, 9.17) is 0 Å². The molecule has 26 heavy (non-hydrogen) atoms. The highest BCUT2D eigenvalue weighted by molar-refractivity contribution is 5.33. The average molecular weight is 348 g/mol. The molecule has 1 atom stereocenters.